The van der Waals surface area contributed by atoms with E-state index >= 15 is 4.39 Å². The number of nitrogens with zero attached hydrogens (tertiary/aromatic N) is 1. The van der Waals surface area contributed by atoms with E-state index in [0.29, 0.717) is 63.4 Å². The van der Waals surface area contributed by atoms with Gasteiger partial charge in [-0.3, -0.25) is 19.2 Å². The molecule has 2 bridgehead atoms. The van der Waals surface area contributed by atoms with Crippen LogP contribution in [0.2, 0.25) is 0 Å². The van der Waals surface area contributed by atoms with Gasteiger partial charge in [0, 0.05) is 44.9 Å². The maximum atomic E-state index is 17.0. The molecule has 3 aliphatic heterocycles. The van der Waals surface area contributed by atoms with Crippen LogP contribution in [-0.4, -0.2) is 114 Å². The highest BCUT2D eigenvalue weighted by Crippen LogP contribution is 2.40. The van der Waals surface area contributed by atoms with Gasteiger partial charge >= 0.3 is 5.97 Å². The molecule has 1 aliphatic carbocycles. The zero-order valence-electron chi connectivity index (χ0n) is 40.1. The number of aliphatic hydroxyl groups excluding tert-OH is 2. The number of hydrogen-bond acceptors (Lipinski definition) is 11. The van der Waals surface area contributed by atoms with E-state index in [4.69, 9.17) is 18.9 Å². The quantitative estimate of drug-likeness (QED) is 0.157. The van der Waals surface area contributed by atoms with Crippen LogP contribution in [0.3, 0.4) is 0 Å². The minimum atomic E-state index is -2.87. The van der Waals surface area contributed by atoms with Crippen LogP contribution in [-0.2, 0) is 42.9 Å². The van der Waals surface area contributed by atoms with Crippen LogP contribution in [0.4, 0.5) is 4.39 Å². The van der Waals surface area contributed by atoms with E-state index in [0.717, 1.165) is 16.9 Å². The summed E-state index contributed by atoms with van der Waals surface area (Å²) in [4.78, 5) is 71.3. The highest BCUT2D eigenvalue weighted by atomic mass is 19.2. The molecule has 64 heavy (non-hydrogen) atoms. The summed E-state index contributed by atoms with van der Waals surface area (Å²) in [7, 11) is 2.94. The van der Waals surface area contributed by atoms with Crippen LogP contribution in [0, 0.1) is 41.4 Å². The molecule has 2 N–H and O–H groups in total. The number of aliphatic hydroxyl groups is 2. The van der Waals surface area contributed by atoms with E-state index in [1.165, 1.54) is 7.11 Å². The first-order valence-corrected chi connectivity index (χ1v) is 23.8. The van der Waals surface area contributed by atoms with Crippen LogP contribution < -0.4 is 0 Å². The number of fused-ring (bicyclic) bond motifs is 3. The average Bonchev–Trinajstić information content (AvgIpc) is 3.26. The normalized spacial score (nSPS) is 40.9. The Morgan fingerprint density at radius 2 is 1.58 bits per heavy atom. The third-order valence-electron chi connectivity index (χ3n) is 14.5. The number of carbonyl (C=O) groups is 5. The molecular weight excluding hydrogens is 822 g/mol. The molecule has 0 spiro atoms. The minimum absolute atomic E-state index is 0.0240. The summed E-state index contributed by atoms with van der Waals surface area (Å²) >= 11 is 0. The SMILES string of the molecule is COC1C[C@H](C[C@@H](C)C2CC(=O)[C@H](C)/C=C(\C)C(O)C(OC)C(=O)[C@H](C)C[C@H](C)/C=C/C=C/C=C(\C)[C@@H](C)C[C@@H]3CC[C@@H](C)C(F)(O3)C(=O)C(=O)N3CCCCC3C(=O)O2)CCC1O. The van der Waals surface area contributed by atoms with Crippen molar-refractivity contribution in [3.8, 4) is 0 Å². The maximum Gasteiger partial charge on any atom is 0.329 e. The van der Waals surface area contributed by atoms with Gasteiger partial charge in [0.1, 0.15) is 30.1 Å². The molecule has 0 radical (unpaired) electrons. The Hall–Kier alpha value is -3.36. The molecule has 3 fully saturated rings. The molecule has 360 valence electrons. The van der Waals surface area contributed by atoms with Crippen molar-refractivity contribution in [1.82, 2.24) is 4.90 Å². The number of piperidine rings is 1. The number of halogens is 1. The van der Waals surface area contributed by atoms with E-state index in [2.05, 4.69) is 0 Å². The fourth-order valence-corrected chi connectivity index (χ4v) is 10.0. The van der Waals surface area contributed by atoms with Crippen molar-refractivity contribution in [3.63, 3.8) is 0 Å². The summed E-state index contributed by atoms with van der Waals surface area (Å²) in [6.07, 6.45) is 11.7. The van der Waals surface area contributed by atoms with Crippen molar-refractivity contribution in [2.75, 3.05) is 20.8 Å². The number of amides is 1. The van der Waals surface area contributed by atoms with Gasteiger partial charge in [0.2, 0.25) is 0 Å². The van der Waals surface area contributed by atoms with Crippen molar-refractivity contribution < 1.29 is 57.5 Å². The summed E-state index contributed by atoms with van der Waals surface area (Å²) in [5, 5.41) is 21.9. The van der Waals surface area contributed by atoms with Gasteiger partial charge in [-0.05, 0) is 114 Å². The Morgan fingerprint density at radius 3 is 2.27 bits per heavy atom. The minimum Gasteiger partial charge on any atom is -0.460 e. The van der Waals surface area contributed by atoms with E-state index < -0.39 is 77.8 Å². The highest BCUT2D eigenvalue weighted by molar-refractivity contribution is 6.39. The number of esters is 1. The predicted molar refractivity (Wildman–Crippen MR) is 242 cm³/mol. The summed E-state index contributed by atoms with van der Waals surface area (Å²) in [5.74, 6) is -8.92. The fraction of sp³-hybridized carbons (Fsp3) is 0.745. The zero-order chi connectivity index (χ0) is 47.5. The van der Waals surface area contributed by atoms with E-state index in [1.807, 2.05) is 65.0 Å². The molecule has 4 aliphatic rings. The first-order chi connectivity index (χ1) is 30.2. The Bertz CT molecular complexity index is 1740. The first-order valence-electron chi connectivity index (χ1n) is 23.8. The van der Waals surface area contributed by atoms with Crippen LogP contribution in [0.5, 0.6) is 0 Å². The number of ketones is 3. The summed E-state index contributed by atoms with van der Waals surface area (Å²) in [6, 6.07) is -1.17. The number of rotatable bonds is 5. The second-order valence-electron chi connectivity index (χ2n) is 19.7. The van der Waals surface area contributed by atoms with E-state index in [9.17, 15) is 34.2 Å². The maximum absolute atomic E-state index is 17.0. The van der Waals surface area contributed by atoms with Crippen molar-refractivity contribution >= 4 is 29.2 Å². The predicted octanol–water partition coefficient (Wildman–Crippen LogP) is 7.78. The number of methoxy groups -OCH3 is 2. The molecule has 0 aromatic rings. The lowest BCUT2D eigenvalue weighted by molar-refractivity contribution is -0.230. The number of ether oxygens (including phenoxy) is 4. The second-order valence-corrected chi connectivity index (χ2v) is 19.7. The van der Waals surface area contributed by atoms with Gasteiger partial charge in [0.05, 0.1) is 18.3 Å². The fourth-order valence-electron chi connectivity index (χ4n) is 10.0. The Balaban J connectivity index is 1.69. The van der Waals surface area contributed by atoms with Crippen LogP contribution in [0.15, 0.2) is 47.6 Å². The van der Waals surface area contributed by atoms with Crippen molar-refractivity contribution in [3.05, 3.63) is 47.6 Å². The summed E-state index contributed by atoms with van der Waals surface area (Å²) < 4.78 is 40.3. The van der Waals surface area contributed by atoms with Crippen molar-refractivity contribution in [2.24, 2.45) is 41.4 Å². The molecular formula is C51H78FNO11. The number of allylic oxidation sites excluding steroid dienone is 7. The van der Waals surface area contributed by atoms with Crippen molar-refractivity contribution in [1.29, 1.82) is 0 Å². The van der Waals surface area contributed by atoms with Gasteiger partial charge in [-0.1, -0.05) is 83.6 Å². The van der Waals surface area contributed by atoms with Gasteiger partial charge < -0.3 is 34.1 Å². The Kier molecular flexibility index (Phi) is 20.3. The van der Waals surface area contributed by atoms with Crippen molar-refractivity contribution in [2.45, 2.75) is 181 Å². The molecule has 0 aromatic heterocycles. The van der Waals surface area contributed by atoms with E-state index in [-0.39, 0.29) is 60.7 Å². The molecule has 1 saturated carbocycles. The summed E-state index contributed by atoms with van der Waals surface area (Å²) in [6.45, 7) is 14.7. The smallest absolute Gasteiger partial charge is 0.329 e. The topological polar surface area (TPSA) is 166 Å². The second kappa shape index (κ2) is 24.4. The number of carbonyl (C=O) groups excluding carboxylic acids is 5. The number of hydrogen-bond donors (Lipinski definition) is 2. The highest BCUT2D eigenvalue weighted by Gasteiger charge is 2.54. The molecule has 3 heterocycles. The molecule has 7 unspecified atom stereocenters. The monoisotopic (exact) mass is 900 g/mol. The van der Waals surface area contributed by atoms with Gasteiger partial charge in [-0.25, -0.2) is 9.18 Å². The van der Waals surface area contributed by atoms with Gasteiger partial charge in [-0.15, -0.1) is 0 Å². The third kappa shape index (κ3) is 13.8. The van der Waals surface area contributed by atoms with E-state index in [1.54, 1.807) is 34.0 Å². The molecule has 4 rings (SSSR count). The third-order valence-corrected chi connectivity index (χ3v) is 14.5. The van der Waals surface area contributed by atoms with Crippen LogP contribution >= 0.6 is 0 Å². The zero-order valence-corrected chi connectivity index (χ0v) is 40.1. The molecule has 13 heteroatoms. The average molecular weight is 900 g/mol. The largest absolute Gasteiger partial charge is 0.460 e. The molecule has 2 saturated heterocycles. The molecule has 0 aromatic carbocycles. The summed E-state index contributed by atoms with van der Waals surface area (Å²) in [5.41, 5.74) is 1.41. The number of cyclic esters (lactones) is 1. The van der Waals surface area contributed by atoms with Gasteiger partial charge in [0.25, 0.3) is 17.5 Å². The number of Topliss-reactive ketones (excluding diaryl/α,β-unsaturated/α-hetero) is 3. The first kappa shape index (κ1) is 53.3. The van der Waals surface area contributed by atoms with Crippen LogP contribution in [0.1, 0.15) is 132 Å². The lowest BCUT2D eigenvalue weighted by Crippen LogP contribution is -2.59. The molecule has 1 amide bonds. The number of alkyl halides is 1. The lowest BCUT2D eigenvalue weighted by atomic mass is 9.78. The Morgan fingerprint density at radius 1 is 0.859 bits per heavy atom. The Labute approximate surface area is 381 Å². The molecule has 15 atom stereocenters. The van der Waals surface area contributed by atoms with Crippen LogP contribution in [0.25, 0.3) is 0 Å². The van der Waals surface area contributed by atoms with Gasteiger partial charge in [-0.2, -0.15) is 0 Å². The molecule has 12 nitrogen and oxygen atoms in total. The standard InChI is InChI=1S/C51H78FNO11/c1-30-16-12-11-13-17-31(2)32(3)27-39-21-19-37(8)51(52,64-39)48(58)49(59)53-23-15-14-18-40(53)50(60)63-43(34(5)26-38-20-22-41(54)44(28-38)61-9)29-42(55)33(4)25-36(7)46(57)47(62-10)45(56)35(6)24-30/h11-13,16-17,25,30,32-35,37-41,43-44,46-47,54,57H,14-15,18-24,26-29H2,1-10H3/b13-11+,16-12+,31-17+,36-25+/t30-,32+,33-,34-,35-,37-,38+,39+,40?,41?,43?,44?,46?,47?,51?/m1/s1. The lowest BCUT2D eigenvalue weighted by Gasteiger charge is -2.41. The van der Waals surface area contributed by atoms with Gasteiger partial charge in [0.15, 0.2) is 5.78 Å².